The maximum atomic E-state index is 12.9. The van der Waals surface area contributed by atoms with E-state index in [1.165, 1.54) is 4.57 Å². The summed E-state index contributed by atoms with van der Waals surface area (Å²) >= 11 is 2.19. The second kappa shape index (κ2) is 6.64. The van der Waals surface area contributed by atoms with Gasteiger partial charge in [0.1, 0.15) is 0 Å². The highest BCUT2D eigenvalue weighted by Gasteiger charge is 2.13. The van der Waals surface area contributed by atoms with Crippen LogP contribution in [0.1, 0.15) is 0 Å². The molecule has 1 aromatic heterocycles. The van der Waals surface area contributed by atoms with Crippen molar-refractivity contribution in [2.75, 3.05) is 36.9 Å². The lowest BCUT2D eigenvalue weighted by Gasteiger charge is -2.29. The molecule has 1 saturated heterocycles. The SMILES string of the molecule is Nc1nc2ccc(I)cc2c(=O)n1-c1ccc(N2CCOCC2)cc1. The molecule has 7 heteroatoms. The summed E-state index contributed by atoms with van der Waals surface area (Å²) in [4.78, 5) is 19.5. The molecular weight excluding hydrogens is 431 g/mol. The average Bonchev–Trinajstić information content (AvgIpc) is 2.64. The summed E-state index contributed by atoms with van der Waals surface area (Å²) in [6.07, 6.45) is 0. The molecule has 6 nitrogen and oxygen atoms in total. The van der Waals surface area contributed by atoms with Crippen molar-refractivity contribution in [3.63, 3.8) is 0 Å². The number of fused-ring (bicyclic) bond motifs is 1. The standard InChI is InChI=1S/C18H17IN4O2/c19-12-1-6-16-15(11-12)17(24)23(18(20)21-16)14-4-2-13(3-5-14)22-7-9-25-10-8-22/h1-6,11H,7-10H2,(H2,20,21). The van der Waals surface area contributed by atoms with E-state index in [1.54, 1.807) is 0 Å². The molecule has 0 bridgehead atoms. The van der Waals surface area contributed by atoms with Gasteiger partial charge in [0.05, 0.1) is 29.8 Å². The Labute approximate surface area is 158 Å². The van der Waals surface area contributed by atoms with E-state index in [4.69, 9.17) is 10.5 Å². The minimum absolute atomic E-state index is 0.153. The number of aromatic nitrogens is 2. The van der Waals surface area contributed by atoms with Gasteiger partial charge in [-0.25, -0.2) is 9.55 Å². The molecule has 3 aromatic rings. The van der Waals surface area contributed by atoms with Crippen LogP contribution < -0.4 is 16.2 Å². The fraction of sp³-hybridized carbons (Fsp3) is 0.222. The van der Waals surface area contributed by atoms with E-state index >= 15 is 0 Å². The molecule has 0 saturated carbocycles. The Morgan fingerprint density at radius 3 is 2.44 bits per heavy atom. The number of hydrogen-bond donors (Lipinski definition) is 1. The van der Waals surface area contributed by atoms with E-state index in [9.17, 15) is 4.79 Å². The number of nitrogen functional groups attached to an aromatic ring is 1. The smallest absolute Gasteiger partial charge is 0.267 e. The van der Waals surface area contributed by atoms with Gasteiger partial charge in [0.2, 0.25) is 5.95 Å². The van der Waals surface area contributed by atoms with Gasteiger partial charge in [-0.1, -0.05) is 0 Å². The lowest BCUT2D eigenvalue weighted by Crippen LogP contribution is -2.36. The van der Waals surface area contributed by atoms with Crippen molar-refractivity contribution in [3.8, 4) is 5.69 Å². The van der Waals surface area contributed by atoms with E-state index in [2.05, 4.69) is 32.5 Å². The van der Waals surface area contributed by atoms with E-state index in [1.807, 2.05) is 42.5 Å². The van der Waals surface area contributed by atoms with Crippen LogP contribution in [0.25, 0.3) is 16.6 Å². The zero-order chi connectivity index (χ0) is 17.4. The second-order valence-corrected chi connectivity index (χ2v) is 7.13. The van der Waals surface area contributed by atoms with Crippen LogP contribution in [0.2, 0.25) is 0 Å². The Hall–Kier alpha value is -2.13. The van der Waals surface area contributed by atoms with E-state index < -0.39 is 0 Å². The molecule has 2 heterocycles. The van der Waals surface area contributed by atoms with Crippen LogP contribution in [0, 0.1) is 3.57 Å². The minimum Gasteiger partial charge on any atom is -0.378 e. The van der Waals surface area contributed by atoms with Gasteiger partial charge in [-0.3, -0.25) is 4.79 Å². The Bertz CT molecular complexity index is 979. The Morgan fingerprint density at radius 1 is 1.04 bits per heavy atom. The summed E-state index contributed by atoms with van der Waals surface area (Å²) in [6.45, 7) is 3.22. The molecule has 0 radical (unpaired) electrons. The lowest BCUT2D eigenvalue weighted by atomic mass is 10.2. The molecule has 0 unspecified atom stereocenters. The number of benzene rings is 2. The van der Waals surface area contributed by atoms with Crippen LogP contribution in [0.3, 0.4) is 0 Å². The molecule has 1 aliphatic heterocycles. The highest BCUT2D eigenvalue weighted by atomic mass is 127. The zero-order valence-electron chi connectivity index (χ0n) is 13.5. The summed E-state index contributed by atoms with van der Waals surface area (Å²) in [5, 5.41) is 0.568. The van der Waals surface area contributed by atoms with E-state index in [-0.39, 0.29) is 11.5 Å². The Balaban J connectivity index is 1.77. The van der Waals surface area contributed by atoms with Gasteiger partial charge in [-0.05, 0) is 65.1 Å². The number of morpholine rings is 1. The van der Waals surface area contributed by atoms with Gasteiger partial charge >= 0.3 is 0 Å². The molecular formula is C18H17IN4O2. The van der Waals surface area contributed by atoms with Crippen molar-refractivity contribution < 1.29 is 4.74 Å². The van der Waals surface area contributed by atoms with Crippen LogP contribution in [0.5, 0.6) is 0 Å². The number of anilines is 2. The van der Waals surface area contributed by atoms with Gasteiger partial charge in [0.15, 0.2) is 0 Å². The van der Waals surface area contributed by atoms with Gasteiger partial charge in [-0.15, -0.1) is 0 Å². The molecule has 2 N–H and O–H groups in total. The first-order valence-electron chi connectivity index (χ1n) is 8.04. The number of ether oxygens (including phenoxy) is 1. The number of nitrogens with two attached hydrogens (primary N) is 1. The predicted molar refractivity (Wildman–Crippen MR) is 108 cm³/mol. The third-order valence-corrected chi connectivity index (χ3v) is 5.01. The highest BCUT2D eigenvalue weighted by molar-refractivity contribution is 14.1. The summed E-state index contributed by atoms with van der Waals surface area (Å²) in [6, 6.07) is 13.4. The van der Waals surface area contributed by atoms with Gasteiger partial charge < -0.3 is 15.4 Å². The molecule has 4 rings (SSSR count). The van der Waals surface area contributed by atoms with Gasteiger partial charge in [0, 0.05) is 22.3 Å². The van der Waals surface area contributed by atoms with Gasteiger partial charge in [-0.2, -0.15) is 0 Å². The zero-order valence-corrected chi connectivity index (χ0v) is 15.6. The maximum Gasteiger partial charge on any atom is 0.267 e. The molecule has 0 aliphatic carbocycles. The van der Waals surface area contributed by atoms with Crippen molar-refractivity contribution in [3.05, 3.63) is 56.4 Å². The molecule has 0 atom stereocenters. The number of rotatable bonds is 2. The van der Waals surface area contributed by atoms with Crippen molar-refractivity contribution >= 4 is 45.1 Å². The normalized spacial score (nSPS) is 14.8. The second-order valence-electron chi connectivity index (χ2n) is 5.89. The molecule has 2 aromatic carbocycles. The molecule has 1 fully saturated rings. The van der Waals surface area contributed by atoms with Crippen molar-refractivity contribution in [2.24, 2.45) is 0 Å². The predicted octanol–water partition coefficient (Wildman–Crippen LogP) is 2.41. The first-order valence-corrected chi connectivity index (χ1v) is 9.12. The molecule has 1 aliphatic rings. The average molecular weight is 448 g/mol. The Kier molecular flexibility index (Phi) is 4.34. The fourth-order valence-electron chi connectivity index (χ4n) is 3.06. The number of nitrogens with zero attached hydrogens (tertiary/aromatic N) is 3. The van der Waals surface area contributed by atoms with Crippen LogP contribution >= 0.6 is 22.6 Å². The van der Waals surface area contributed by atoms with Crippen molar-refractivity contribution in [1.82, 2.24) is 9.55 Å². The van der Waals surface area contributed by atoms with E-state index in [0.717, 1.165) is 35.6 Å². The molecule has 25 heavy (non-hydrogen) atoms. The minimum atomic E-state index is -0.153. The fourth-order valence-corrected chi connectivity index (χ4v) is 3.55. The lowest BCUT2D eigenvalue weighted by molar-refractivity contribution is 0.122. The molecule has 0 spiro atoms. The van der Waals surface area contributed by atoms with Crippen LogP contribution in [-0.2, 0) is 4.74 Å². The van der Waals surface area contributed by atoms with Gasteiger partial charge in [0.25, 0.3) is 5.56 Å². The van der Waals surface area contributed by atoms with Crippen LogP contribution in [-0.4, -0.2) is 35.9 Å². The third-order valence-electron chi connectivity index (χ3n) is 4.34. The topological polar surface area (TPSA) is 73.4 Å². The monoisotopic (exact) mass is 448 g/mol. The van der Waals surface area contributed by atoms with Crippen LogP contribution in [0.15, 0.2) is 47.3 Å². The summed E-state index contributed by atoms with van der Waals surface area (Å²) in [5.74, 6) is 0.192. The quantitative estimate of drug-likeness (QED) is 0.610. The number of halogens is 1. The largest absolute Gasteiger partial charge is 0.378 e. The van der Waals surface area contributed by atoms with E-state index in [0.29, 0.717) is 16.6 Å². The first kappa shape index (κ1) is 16.3. The highest BCUT2D eigenvalue weighted by Crippen LogP contribution is 2.20. The first-order chi connectivity index (χ1) is 12.1. The maximum absolute atomic E-state index is 12.9. The molecule has 128 valence electrons. The molecule has 0 amide bonds. The Morgan fingerprint density at radius 2 is 1.72 bits per heavy atom. The summed E-state index contributed by atoms with van der Waals surface area (Å²) in [5.41, 5.74) is 8.35. The van der Waals surface area contributed by atoms with Crippen molar-refractivity contribution in [2.45, 2.75) is 0 Å². The summed E-state index contributed by atoms with van der Waals surface area (Å²) in [7, 11) is 0. The third kappa shape index (κ3) is 3.09. The van der Waals surface area contributed by atoms with Crippen molar-refractivity contribution in [1.29, 1.82) is 0 Å². The number of hydrogen-bond acceptors (Lipinski definition) is 5. The van der Waals surface area contributed by atoms with Crippen LogP contribution in [0.4, 0.5) is 11.6 Å². The summed E-state index contributed by atoms with van der Waals surface area (Å²) < 4.78 is 7.83.